The second kappa shape index (κ2) is 8.48. The summed E-state index contributed by atoms with van der Waals surface area (Å²) in [5, 5.41) is 0. The van der Waals surface area contributed by atoms with Gasteiger partial charge in [0.05, 0.1) is 18.0 Å². The Labute approximate surface area is 155 Å². The molecule has 134 valence electrons. The fourth-order valence-corrected chi connectivity index (χ4v) is 3.04. The number of nitrogens with two attached hydrogens (primary N) is 1. The Morgan fingerprint density at radius 1 is 0.846 bits per heavy atom. The molecule has 3 aromatic rings. The molecule has 0 saturated carbocycles. The predicted octanol–water partition coefficient (Wildman–Crippen LogP) is 5.13. The lowest BCUT2D eigenvalue weighted by Gasteiger charge is -2.15. The van der Waals surface area contributed by atoms with E-state index in [4.69, 9.17) is 10.5 Å². The van der Waals surface area contributed by atoms with Crippen LogP contribution in [-0.4, -0.2) is 16.6 Å². The summed E-state index contributed by atoms with van der Waals surface area (Å²) < 4.78 is 5.55. The molecular weight excluding hydrogens is 322 g/mol. The highest BCUT2D eigenvalue weighted by atomic mass is 16.5. The third kappa shape index (κ3) is 4.02. The van der Waals surface area contributed by atoms with Gasteiger partial charge in [0.15, 0.2) is 0 Å². The molecule has 0 aliphatic carbocycles. The number of nitrogens with zero attached hydrogens (tertiary/aromatic N) is 2. The summed E-state index contributed by atoms with van der Waals surface area (Å²) in [4.78, 5) is 9.16. The van der Waals surface area contributed by atoms with Crippen LogP contribution < -0.4 is 10.5 Å². The van der Waals surface area contributed by atoms with Crippen molar-refractivity contribution >= 4 is 5.95 Å². The standard InChI is InChI=1S/C22H25N3O/c1-3-5-11-19-20(16-9-7-6-8-10-16)24-22(23)25-21(19)17-12-14-18(15-13-17)26-4-2/h6-10,12-15H,3-5,11H2,1-2H3,(H2,23,24,25). The fourth-order valence-electron chi connectivity index (χ4n) is 3.04. The molecule has 0 atom stereocenters. The molecule has 0 radical (unpaired) electrons. The highest BCUT2D eigenvalue weighted by Crippen LogP contribution is 2.32. The molecule has 2 aromatic carbocycles. The number of unbranched alkanes of at least 4 members (excludes halogenated alkanes) is 1. The van der Waals surface area contributed by atoms with Crippen LogP contribution in [0.3, 0.4) is 0 Å². The van der Waals surface area contributed by atoms with Gasteiger partial charge in [-0.05, 0) is 44.0 Å². The maximum Gasteiger partial charge on any atom is 0.221 e. The summed E-state index contributed by atoms with van der Waals surface area (Å²) in [5.41, 5.74) is 11.2. The number of benzene rings is 2. The lowest BCUT2D eigenvalue weighted by atomic mass is 9.96. The molecule has 4 nitrogen and oxygen atoms in total. The maximum absolute atomic E-state index is 6.06. The summed E-state index contributed by atoms with van der Waals surface area (Å²) >= 11 is 0. The Balaban J connectivity index is 2.12. The van der Waals surface area contributed by atoms with Crippen LogP contribution in [0.25, 0.3) is 22.5 Å². The molecule has 3 rings (SSSR count). The highest BCUT2D eigenvalue weighted by molar-refractivity contribution is 5.75. The summed E-state index contributed by atoms with van der Waals surface area (Å²) in [6.07, 6.45) is 3.11. The number of rotatable bonds is 7. The molecule has 0 saturated heterocycles. The zero-order valence-electron chi connectivity index (χ0n) is 15.4. The van der Waals surface area contributed by atoms with Gasteiger partial charge in [-0.2, -0.15) is 0 Å². The van der Waals surface area contributed by atoms with Crippen molar-refractivity contribution in [3.05, 3.63) is 60.2 Å². The first kappa shape index (κ1) is 17.9. The monoisotopic (exact) mass is 347 g/mol. The molecule has 0 amide bonds. The van der Waals surface area contributed by atoms with Crippen molar-refractivity contribution < 1.29 is 4.74 Å². The van der Waals surface area contributed by atoms with E-state index in [9.17, 15) is 0 Å². The SMILES string of the molecule is CCCCc1c(-c2ccccc2)nc(N)nc1-c1ccc(OCC)cc1. The van der Waals surface area contributed by atoms with E-state index in [-0.39, 0.29) is 0 Å². The van der Waals surface area contributed by atoms with Gasteiger partial charge in [-0.3, -0.25) is 0 Å². The molecule has 0 bridgehead atoms. The van der Waals surface area contributed by atoms with Crippen molar-refractivity contribution in [2.45, 2.75) is 33.1 Å². The van der Waals surface area contributed by atoms with Gasteiger partial charge in [0.25, 0.3) is 0 Å². The number of hydrogen-bond acceptors (Lipinski definition) is 4. The minimum atomic E-state index is 0.299. The molecular formula is C22H25N3O. The van der Waals surface area contributed by atoms with Gasteiger partial charge in [0, 0.05) is 16.7 Å². The number of aromatic nitrogens is 2. The smallest absolute Gasteiger partial charge is 0.221 e. The summed E-state index contributed by atoms with van der Waals surface area (Å²) in [5.74, 6) is 1.16. The quantitative estimate of drug-likeness (QED) is 0.643. The molecule has 1 heterocycles. The van der Waals surface area contributed by atoms with Gasteiger partial charge in [-0.1, -0.05) is 43.7 Å². The van der Waals surface area contributed by atoms with Gasteiger partial charge < -0.3 is 10.5 Å². The Kier molecular flexibility index (Phi) is 5.84. The second-order valence-electron chi connectivity index (χ2n) is 6.18. The summed E-state index contributed by atoms with van der Waals surface area (Å²) in [7, 11) is 0. The molecule has 0 fully saturated rings. The van der Waals surface area contributed by atoms with Crippen LogP contribution in [0.15, 0.2) is 54.6 Å². The fraction of sp³-hybridized carbons (Fsp3) is 0.273. The summed E-state index contributed by atoms with van der Waals surface area (Å²) in [6.45, 7) is 4.82. The Morgan fingerprint density at radius 2 is 1.46 bits per heavy atom. The molecule has 26 heavy (non-hydrogen) atoms. The van der Waals surface area contributed by atoms with Crippen molar-refractivity contribution in [2.75, 3.05) is 12.3 Å². The van der Waals surface area contributed by atoms with E-state index in [1.165, 1.54) is 0 Å². The van der Waals surface area contributed by atoms with Crippen LogP contribution >= 0.6 is 0 Å². The average molecular weight is 347 g/mol. The Hall–Kier alpha value is -2.88. The van der Waals surface area contributed by atoms with Gasteiger partial charge in [-0.25, -0.2) is 9.97 Å². The van der Waals surface area contributed by atoms with Crippen LogP contribution in [0.2, 0.25) is 0 Å². The lowest BCUT2D eigenvalue weighted by Crippen LogP contribution is -2.05. The van der Waals surface area contributed by atoms with E-state index >= 15 is 0 Å². The van der Waals surface area contributed by atoms with Crippen molar-refractivity contribution in [3.8, 4) is 28.3 Å². The van der Waals surface area contributed by atoms with Crippen LogP contribution in [0, 0.1) is 0 Å². The average Bonchev–Trinajstić information content (AvgIpc) is 2.68. The Morgan fingerprint density at radius 3 is 2.04 bits per heavy atom. The molecule has 0 aliphatic heterocycles. The number of nitrogen functional groups attached to an aromatic ring is 1. The van der Waals surface area contributed by atoms with Crippen molar-refractivity contribution in [1.82, 2.24) is 9.97 Å². The van der Waals surface area contributed by atoms with E-state index in [1.807, 2.05) is 49.4 Å². The Bertz CT molecular complexity index is 845. The van der Waals surface area contributed by atoms with E-state index in [1.54, 1.807) is 0 Å². The molecule has 4 heteroatoms. The van der Waals surface area contributed by atoms with Gasteiger partial charge in [-0.15, -0.1) is 0 Å². The molecule has 1 aromatic heterocycles. The zero-order chi connectivity index (χ0) is 18.4. The molecule has 2 N–H and O–H groups in total. The maximum atomic E-state index is 6.06. The van der Waals surface area contributed by atoms with Crippen molar-refractivity contribution in [2.24, 2.45) is 0 Å². The minimum Gasteiger partial charge on any atom is -0.494 e. The van der Waals surface area contributed by atoms with E-state index < -0.39 is 0 Å². The minimum absolute atomic E-state index is 0.299. The second-order valence-corrected chi connectivity index (χ2v) is 6.18. The topological polar surface area (TPSA) is 61.0 Å². The molecule has 0 spiro atoms. The van der Waals surface area contributed by atoms with Gasteiger partial charge in [0.2, 0.25) is 5.95 Å². The first-order valence-electron chi connectivity index (χ1n) is 9.18. The molecule has 0 unspecified atom stereocenters. The van der Waals surface area contributed by atoms with Crippen molar-refractivity contribution in [1.29, 1.82) is 0 Å². The first-order chi connectivity index (χ1) is 12.7. The number of ether oxygens (including phenoxy) is 1. The van der Waals surface area contributed by atoms with E-state index in [0.29, 0.717) is 12.6 Å². The van der Waals surface area contributed by atoms with E-state index in [2.05, 4.69) is 29.0 Å². The normalized spacial score (nSPS) is 10.7. The number of hydrogen-bond donors (Lipinski definition) is 1. The van der Waals surface area contributed by atoms with Crippen molar-refractivity contribution in [3.63, 3.8) is 0 Å². The summed E-state index contributed by atoms with van der Waals surface area (Å²) in [6, 6.07) is 18.2. The van der Waals surface area contributed by atoms with Crippen LogP contribution in [-0.2, 0) is 6.42 Å². The van der Waals surface area contributed by atoms with Gasteiger partial charge >= 0.3 is 0 Å². The number of anilines is 1. The lowest BCUT2D eigenvalue weighted by molar-refractivity contribution is 0.340. The van der Waals surface area contributed by atoms with Crippen LogP contribution in [0.1, 0.15) is 32.3 Å². The predicted molar refractivity (Wildman–Crippen MR) is 107 cm³/mol. The first-order valence-corrected chi connectivity index (χ1v) is 9.18. The van der Waals surface area contributed by atoms with Crippen LogP contribution in [0.4, 0.5) is 5.95 Å². The third-order valence-electron chi connectivity index (χ3n) is 4.29. The van der Waals surface area contributed by atoms with Gasteiger partial charge in [0.1, 0.15) is 5.75 Å². The van der Waals surface area contributed by atoms with Crippen LogP contribution in [0.5, 0.6) is 5.75 Å². The largest absolute Gasteiger partial charge is 0.494 e. The third-order valence-corrected chi connectivity index (χ3v) is 4.29. The molecule has 0 aliphatic rings. The zero-order valence-corrected chi connectivity index (χ0v) is 15.4. The highest BCUT2D eigenvalue weighted by Gasteiger charge is 2.16. The van der Waals surface area contributed by atoms with E-state index in [0.717, 1.165) is 53.1 Å².